The standard InChI is InChI=1S/C18H16F3N3O3.C17H16F3N3O2/c1-11-22-9-10-24(11)17-23-16(14(27-17)7-8-15(25)26-2)12-3-5-13(6-4-12)18(19,20)21;1-11-21-8-9-23(11)16-22-15(14(25-16)3-2-10-24)12-4-6-13(7-5-12)17(18,19)20/h3-6,9-10H,7-8H2,1-2H3;4-9,24H,2-3,10H2,1H3. The van der Waals surface area contributed by atoms with Gasteiger partial charge in [0.25, 0.3) is 0 Å². The Kier molecular flexibility index (Phi) is 11.3. The highest BCUT2D eigenvalue weighted by Gasteiger charge is 2.31. The van der Waals surface area contributed by atoms with E-state index in [9.17, 15) is 31.1 Å². The third kappa shape index (κ3) is 8.77. The fourth-order valence-corrected chi connectivity index (χ4v) is 5.03. The number of halogens is 6. The molecule has 0 aliphatic carbocycles. The van der Waals surface area contributed by atoms with Crippen molar-refractivity contribution < 1.29 is 49.8 Å². The second-order valence-electron chi connectivity index (χ2n) is 11.3. The van der Waals surface area contributed by atoms with Crippen LogP contribution in [-0.4, -0.2) is 53.9 Å². The van der Waals surface area contributed by atoms with Crippen LogP contribution < -0.4 is 0 Å². The van der Waals surface area contributed by atoms with Gasteiger partial charge in [-0.1, -0.05) is 24.3 Å². The van der Waals surface area contributed by atoms with Crippen molar-refractivity contribution in [1.29, 1.82) is 0 Å². The Labute approximate surface area is 292 Å². The topological polar surface area (TPSA) is 134 Å². The molecule has 4 heterocycles. The Hall–Kier alpha value is -5.71. The molecular formula is C35H32F6N6O5. The maximum Gasteiger partial charge on any atom is 0.416 e. The van der Waals surface area contributed by atoms with Crippen molar-refractivity contribution >= 4 is 5.97 Å². The van der Waals surface area contributed by atoms with Gasteiger partial charge in [0.05, 0.1) is 24.7 Å². The molecular weight excluding hydrogens is 698 g/mol. The second kappa shape index (κ2) is 15.7. The molecule has 0 fully saturated rings. The average Bonchev–Trinajstić information content (AvgIpc) is 3.92. The van der Waals surface area contributed by atoms with Gasteiger partial charge in [-0.3, -0.25) is 13.9 Å². The number of carbonyl (C=O) groups is 1. The van der Waals surface area contributed by atoms with E-state index in [1.165, 1.54) is 31.4 Å². The van der Waals surface area contributed by atoms with Crippen molar-refractivity contribution in [1.82, 2.24) is 29.1 Å². The number of esters is 1. The van der Waals surface area contributed by atoms with Crippen LogP contribution in [0.3, 0.4) is 0 Å². The van der Waals surface area contributed by atoms with Crippen LogP contribution in [0.15, 0.2) is 82.2 Å². The first-order valence-electron chi connectivity index (χ1n) is 15.7. The minimum absolute atomic E-state index is 0.0212. The molecule has 17 heteroatoms. The molecule has 0 saturated heterocycles. The lowest BCUT2D eigenvalue weighted by molar-refractivity contribution is -0.141. The molecule has 0 unspecified atom stereocenters. The van der Waals surface area contributed by atoms with E-state index in [0.717, 1.165) is 24.3 Å². The fourth-order valence-electron chi connectivity index (χ4n) is 5.03. The van der Waals surface area contributed by atoms with Gasteiger partial charge in [0.2, 0.25) is 0 Å². The lowest BCUT2D eigenvalue weighted by Crippen LogP contribution is -2.04. The maximum absolute atomic E-state index is 12.8. The number of nitrogens with zero attached hydrogens (tertiary/aromatic N) is 6. The summed E-state index contributed by atoms with van der Waals surface area (Å²) in [5, 5.41) is 9.05. The number of aliphatic hydroxyl groups is 1. The molecule has 0 spiro atoms. The summed E-state index contributed by atoms with van der Waals surface area (Å²) in [6.45, 7) is 3.53. The number of alkyl halides is 6. The zero-order valence-electron chi connectivity index (χ0n) is 28.0. The predicted molar refractivity (Wildman–Crippen MR) is 173 cm³/mol. The molecule has 0 saturated carbocycles. The first-order chi connectivity index (χ1) is 24.7. The van der Waals surface area contributed by atoms with E-state index in [1.807, 2.05) is 0 Å². The Bertz CT molecular complexity index is 2090. The highest BCUT2D eigenvalue weighted by molar-refractivity contribution is 5.70. The van der Waals surface area contributed by atoms with Crippen molar-refractivity contribution in [3.8, 4) is 34.5 Å². The number of benzene rings is 2. The van der Waals surface area contributed by atoms with Crippen LogP contribution in [0, 0.1) is 13.8 Å². The number of aromatic nitrogens is 6. The van der Waals surface area contributed by atoms with Crippen molar-refractivity contribution in [2.45, 2.75) is 51.9 Å². The molecule has 0 aliphatic heterocycles. The number of oxazole rings is 2. The van der Waals surface area contributed by atoms with Crippen LogP contribution in [0.2, 0.25) is 0 Å². The number of carbonyl (C=O) groups excluding carboxylic acids is 1. The quantitative estimate of drug-likeness (QED) is 0.111. The first kappa shape index (κ1) is 37.5. The van der Waals surface area contributed by atoms with Gasteiger partial charge in [-0.15, -0.1) is 0 Å². The number of ether oxygens (including phenoxy) is 1. The average molecular weight is 731 g/mol. The molecule has 6 aromatic rings. The lowest BCUT2D eigenvalue weighted by atomic mass is 10.1. The second-order valence-corrected chi connectivity index (χ2v) is 11.3. The zero-order chi connectivity index (χ0) is 37.6. The summed E-state index contributed by atoms with van der Waals surface area (Å²) < 4.78 is 96.0. The molecule has 0 atom stereocenters. The summed E-state index contributed by atoms with van der Waals surface area (Å²) in [7, 11) is 1.28. The zero-order valence-corrected chi connectivity index (χ0v) is 28.0. The number of rotatable bonds is 10. The van der Waals surface area contributed by atoms with E-state index in [4.69, 9.17) is 13.9 Å². The van der Waals surface area contributed by atoms with Crippen molar-refractivity contribution in [3.05, 3.63) is 108 Å². The molecule has 2 aromatic carbocycles. The van der Waals surface area contributed by atoms with Crippen LogP contribution in [-0.2, 0) is 34.7 Å². The minimum Gasteiger partial charge on any atom is -0.469 e. The van der Waals surface area contributed by atoms with E-state index in [2.05, 4.69) is 24.7 Å². The molecule has 1 N–H and O–H groups in total. The Balaban J connectivity index is 0.000000202. The number of aliphatic hydroxyl groups excluding tert-OH is 1. The summed E-state index contributed by atoms with van der Waals surface area (Å²) in [5.74, 6) is 1.77. The summed E-state index contributed by atoms with van der Waals surface area (Å²) in [6.07, 6.45) is -1.15. The predicted octanol–water partition coefficient (Wildman–Crippen LogP) is 7.74. The highest BCUT2D eigenvalue weighted by Crippen LogP contribution is 2.34. The van der Waals surface area contributed by atoms with Gasteiger partial charge in [-0.05, 0) is 44.5 Å². The van der Waals surface area contributed by atoms with Crippen molar-refractivity contribution in [3.63, 3.8) is 0 Å². The van der Waals surface area contributed by atoms with Crippen LogP contribution in [0.1, 0.15) is 47.1 Å². The number of imidazole rings is 2. The monoisotopic (exact) mass is 730 g/mol. The third-order valence-corrected chi connectivity index (χ3v) is 7.75. The molecule has 0 amide bonds. The lowest BCUT2D eigenvalue weighted by Gasteiger charge is -2.07. The third-order valence-electron chi connectivity index (χ3n) is 7.75. The molecule has 6 rings (SSSR count). The minimum atomic E-state index is -4.42. The molecule has 52 heavy (non-hydrogen) atoms. The number of methoxy groups -OCH3 is 1. The van der Waals surface area contributed by atoms with E-state index in [0.29, 0.717) is 58.5 Å². The van der Waals surface area contributed by atoms with Crippen LogP contribution in [0.5, 0.6) is 0 Å². The van der Waals surface area contributed by atoms with E-state index < -0.39 is 29.4 Å². The number of hydrogen-bond donors (Lipinski definition) is 1. The van der Waals surface area contributed by atoms with Crippen LogP contribution >= 0.6 is 0 Å². The molecule has 0 aliphatic rings. The summed E-state index contributed by atoms with van der Waals surface area (Å²) in [4.78, 5) is 28.5. The molecule has 4 aromatic heterocycles. The highest BCUT2D eigenvalue weighted by atomic mass is 19.4. The van der Waals surface area contributed by atoms with Crippen molar-refractivity contribution in [2.24, 2.45) is 0 Å². The van der Waals surface area contributed by atoms with Crippen LogP contribution in [0.4, 0.5) is 26.3 Å². The smallest absolute Gasteiger partial charge is 0.416 e. The van der Waals surface area contributed by atoms with Gasteiger partial charge in [0.1, 0.15) is 34.6 Å². The first-order valence-corrected chi connectivity index (χ1v) is 15.7. The van der Waals surface area contributed by atoms with E-state index in [-0.39, 0.29) is 31.5 Å². The van der Waals surface area contributed by atoms with Gasteiger partial charge >= 0.3 is 30.4 Å². The van der Waals surface area contributed by atoms with E-state index in [1.54, 1.807) is 47.8 Å². The van der Waals surface area contributed by atoms with Gasteiger partial charge < -0.3 is 18.7 Å². The molecule has 274 valence electrons. The normalized spacial score (nSPS) is 11.7. The number of hydrogen-bond acceptors (Lipinski definition) is 9. The summed E-state index contributed by atoms with van der Waals surface area (Å²) in [5.41, 5.74) is 0.337. The van der Waals surface area contributed by atoms with Gasteiger partial charge in [-0.25, -0.2) is 9.97 Å². The molecule has 0 radical (unpaired) electrons. The maximum atomic E-state index is 12.8. The molecule has 0 bridgehead atoms. The largest absolute Gasteiger partial charge is 0.469 e. The van der Waals surface area contributed by atoms with E-state index >= 15 is 0 Å². The molecule has 11 nitrogen and oxygen atoms in total. The van der Waals surface area contributed by atoms with Crippen LogP contribution in [0.25, 0.3) is 34.5 Å². The van der Waals surface area contributed by atoms with Crippen molar-refractivity contribution in [2.75, 3.05) is 13.7 Å². The summed E-state index contributed by atoms with van der Waals surface area (Å²) in [6, 6.07) is 9.90. The Morgan fingerprint density at radius 2 is 1.15 bits per heavy atom. The fraction of sp³-hybridized carbons (Fsp3) is 0.286. The van der Waals surface area contributed by atoms with Gasteiger partial charge in [0.15, 0.2) is 0 Å². The summed E-state index contributed by atoms with van der Waals surface area (Å²) >= 11 is 0. The number of aryl methyl sites for hydroxylation is 4. The van der Waals surface area contributed by atoms with Gasteiger partial charge in [-0.2, -0.15) is 36.3 Å². The van der Waals surface area contributed by atoms with Gasteiger partial charge in [0, 0.05) is 55.4 Å². The Morgan fingerprint density at radius 3 is 1.50 bits per heavy atom. The SMILES string of the molecule is COC(=O)CCc1oc(-n2ccnc2C)nc1-c1ccc(C(F)(F)F)cc1.Cc1nccn1-c1nc(-c2ccc(C(F)(F)F)cc2)c(CCCO)o1. The Morgan fingerprint density at radius 1 is 0.731 bits per heavy atom.